The fraction of sp³-hybridized carbons (Fsp3) is 0.600. The maximum Gasteiger partial charge on any atom is 0.194 e. The van der Waals surface area contributed by atoms with E-state index in [1.54, 1.807) is 0 Å². The van der Waals surface area contributed by atoms with Gasteiger partial charge in [-0.1, -0.05) is 6.07 Å². The Kier molecular flexibility index (Phi) is 6.08. The van der Waals surface area contributed by atoms with Gasteiger partial charge < -0.3 is 15.1 Å². The Hall–Kier alpha value is -1.05. The first-order valence-corrected chi connectivity index (χ1v) is 7.52. The van der Waals surface area contributed by atoms with Gasteiger partial charge in [-0.25, -0.2) is 4.98 Å². The number of likely N-dealkylation sites (N-methyl/N-ethyl adjacent to an activating group) is 1. The van der Waals surface area contributed by atoms with Crippen molar-refractivity contribution in [2.45, 2.75) is 25.8 Å². The van der Waals surface area contributed by atoms with Crippen molar-refractivity contribution in [1.82, 2.24) is 15.2 Å². The second-order valence-corrected chi connectivity index (χ2v) is 5.55. The number of guanidine groups is 1. The van der Waals surface area contributed by atoms with Gasteiger partial charge in [0, 0.05) is 39.4 Å². The van der Waals surface area contributed by atoms with Crippen LogP contribution in [-0.4, -0.2) is 49.1 Å². The molecule has 3 rings (SSSR count). The van der Waals surface area contributed by atoms with Gasteiger partial charge in [0.15, 0.2) is 5.96 Å². The zero-order valence-electron chi connectivity index (χ0n) is 12.6. The molecule has 1 aromatic rings. The third-order valence-electron chi connectivity index (χ3n) is 4.00. The normalized spacial score (nSPS) is 18.2. The Morgan fingerprint density at radius 2 is 1.95 bits per heavy atom. The van der Waals surface area contributed by atoms with E-state index in [1.165, 1.54) is 24.8 Å². The van der Waals surface area contributed by atoms with Crippen molar-refractivity contribution in [3.8, 4) is 0 Å². The molecule has 0 spiro atoms. The first kappa shape index (κ1) is 16.3. The quantitative estimate of drug-likeness (QED) is 0.788. The summed E-state index contributed by atoms with van der Waals surface area (Å²) in [6, 6.07) is 4.31. The molecule has 6 heteroatoms. The fourth-order valence-electron chi connectivity index (χ4n) is 2.74. The summed E-state index contributed by atoms with van der Waals surface area (Å²) in [5, 5.41) is 3.37. The molecule has 0 unspecified atom stereocenters. The summed E-state index contributed by atoms with van der Waals surface area (Å²) < 4.78 is 0. The van der Waals surface area contributed by atoms with Crippen LogP contribution >= 0.6 is 24.0 Å². The zero-order valence-corrected chi connectivity index (χ0v) is 14.9. The van der Waals surface area contributed by atoms with Crippen LogP contribution in [0.4, 0.5) is 5.82 Å². The molecule has 0 atom stereocenters. The summed E-state index contributed by atoms with van der Waals surface area (Å²) in [5.74, 6) is 2.11. The molecule has 0 amide bonds. The third-order valence-corrected chi connectivity index (χ3v) is 4.00. The summed E-state index contributed by atoms with van der Waals surface area (Å²) in [6.45, 7) is 4.98. The van der Waals surface area contributed by atoms with Gasteiger partial charge in [0.05, 0.1) is 6.54 Å². The largest absolute Gasteiger partial charge is 0.357 e. The van der Waals surface area contributed by atoms with Gasteiger partial charge in [-0.3, -0.25) is 4.99 Å². The van der Waals surface area contributed by atoms with Crippen molar-refractivity contribution >= 4 is 35.8 Å². The molecule has 1 aromatic heterocycles. The predicted octanol–water partition coefficient (Wildman–Crippen LogP) is 2.08. The van der Waals surface area contributed by atoms with Crippen LogP contribution in [0.1, 0.15) is 24.8 Å². The number of hydrogen-bond acceptors (Lipinski definition) is 5. The van der Waals surface area contributed by atoms with Crippen LogP contribution in [0.2, 0.25) is 0 Å². The molecular formula is C15H24IN5. The molecule has 0 aromatic carbocycles. The molecule has 0 bridgehead atoms. The molecule has 1 fully saturated rings. The molecule has 2 aliphatic rings. The Morgan fingerprint density at radius 3 is 2.57 bits per heavy atom. The Balaban J connectivity index is 0.00000161. The van der Waals surface area contributed by atoms with Crippen LogP contribution in [0.25, 0.3) is 0 Å². The van der Waals surface area contributed by atoms with E-state index in [1.807, 2.05) is 6.20 Å². The lowest BCUT2D eigenvalue weighted by Gasteiger charge is -2.27. The highest BCUT2D eigenvalue weighted by Gasteiger charge is 2.13. The molecule has 5 nitrogen and oxygen atoms in total. The Morgan fingerprint density at radius 1 is 1.14 bits per heavy atom. The summed E-state index contributed by atoms with van der Waals surface area (Å²) in [5.41, 5.74) is 1.20. The average Bonchev–Trinajstić information content (AvgIpc) is 2.92. The van der Waals surface area contributed by atoms with Gasteiger partial charge in [-0.15, -0.1) is 24.0 Å². The van der Waals surface area contributed by atoms with E-state index < -0.39 is 0 Å². The minimum atomic E-state index is 0. The highest BCUT2D eigenvalue weighted by Crippen LogP contribution is 2.17. The monoisotopic (exact) mass is 401 g/mol. The number of anilines is 1. The molecule has 0 saturated carbocycles. The summed E-state index contributed by atoms with van der Waals surface area (Å²) in [7, 11) is 2.07. The summed E-state index contributed by atoms with van der Waals surface area (Å²) in [4.78, 5) is 13.6. The number of rotatable bonds is 3. The minimum absolute atomic E-state index is 0. The average molecular weight is 401 g/mol. The van der Waals surface area contributed by atoms with Crippen LogP contribution < -0.4 is 10.2 Å². The summed E-state index contributed by atoms with van der Waals surface area (Å²) in [6.07, 6.45) is 5.91. The maximum absolute atomic E-state index is 4.60. The van der Waals surface area contributed by atoms with E-state index in [4.69, 9.17) is 0 Å². The molecule has 1 saturated heterocycles. The number of aliphatic imine (C=N–C) groups is 1. The van der Waals surface area contributed by atoms with Gasteiger partial charge in [0.1, 0.15) is 5.82 Å². The van der Waals surface area contributed by atoms with Crippen molar-refractivity contribution in [1.29, 1.82) is 0 Å². The molecule has 116 valence electrons. The number of halogens is 1. The fourth-order valence-corrected chi connectivity index (χ4v) is 2.74. The van der Waals surface area contributed by atoms with E-state index >= 15 is 0 Å². The van der Waals surface area contributed by atoms with E-state index in [9.17, 15) is 0 Å². The molecule has 3 heterocycles. The first-order chi connectivity index (χ1) is 9.83. The topological polar surface area (TPSA) is 43.8 Å². The Labute approximate surface area is 143 Å². The highest BCUT2D eigenvalue weighted by atomic mass is 127. The van der Waals surface area contributed by atoms with E-state index in [2.05, 4.69) is 44.3 Å². The lowest BCUT2D eigenvalue weighted by atomic mass is 10.1. The van der Waals surface area contributed by atoms with Gasteiger partial charge in [-0.05, 0) is 30.9 Å². The maximum atomic E-state index is 4.60. The van der Waals surface area contributed by atoms with E-state index in [0.29, 0.717) is 0 Å². The van der Waals surface area contributed by atoms with Crippen molar-refractivity contribution in [3.63, 3.8) is 0 Å². The Bertz CT molecular complexity index is 467. The van der Waals surface area contributed by atoms with Crippen LogP contribution in [-0.2, 0) is 6.54 Å². The van der Waals surface area contributed by atoms with Crippen LogP contribution in [0.3, 0.4) is 0 Å². The lowest BCUT2D eigenvalue weighted by molar-refractivity contribution is 0.534. The number of hydrogen-bond donors (Lipinski definition) is 1. The minimum Gasteiger partial charge on any atom is -0.357 e. The van der Waals surface area contributed by atoms with Crippen LogP contribution in [0.15, 0.2) is 23.3 Å². The lowest BCUT2D eigenvalue weighted by Crippen LogP contribution is -2.35. The van der Waals surface area contributed by atoms with Gasteiger partial charge in [0.25, 0.3) is 0 Å². The van der Waals surface area contributed by atoms with Crippen LogP contribution in [0, 0.1) is 0 Å². The number of nitrogens with zero attached hydrogens (tertiary/aromatic N) is 4. The van der Waals surface area contributed by atoms with Crippen molar-refractivity contribution in [3.05, 3.63) is 23.9 Å². The van der Waals surface area contributed by atoms with Crippen molar-refractivity contribution in [2.75, 3.05) is 38.1 Å². The molecule has 0 aliphatic carbocycles. The first-order valence-electron chi connectivity index (χ1n) is 7.52. The summed E-state index contributed by atoms with van der Waals surface area (Å²) >= 11 is 0. The molecular weight excluding hydrogens is 377 g/mol. The second-order valence-electron chi connectivity index (χ2n) is 5.55. The third kappa shape index (κ3) is 4.21. The van der Waals surface area contributed by atoms with E-state index in [0.717, 1.165) is 44.5 Å². The van der Waals surface area contributed by atoms with Gasteiger partial charge in [0.2, 0.25) is 0 Å². The standard InChI is InChI=1S/C15H23N5.HI/c1-19-10-7-16-15(19)18-12-13-5-6-14(17-11-13)20-8-3-2-4-9-20;/h5-6,11H,2-4,7-10,12H2,1H3,(H,16,18);1H. The molecule has 1 N–H and O–H groups in total. The number of piperidine rings is 1. The van der Waals surface area contributed by atoms with Crippen molar-refractivity contribution < 1.29 is 0 Å². The van der Waals surface area contributed by atoms with Gasteiger partial charge in [-0.2, -0.15) is 0 Å². The smallest absolute Gasteiger partial charge is 0.194 e. The van der Waals surface area contributed by atoms with Crippen molar-refractivity contribution in [2.24, 2.45) is 4.99 Å². The molecule has 2 aliphatic heterocycles. The predicted molar refractivity (Wildman–Crippen MR) is 97.5 cm³/mol. The molecule has 21 heavy (non-hydrogen) atoms. The zero-order chi connectivity index (χ0) is 13.8. The molecule has 0 radical (unpaired) electrons. The van der Waals surface area contributed by atoms with E-state index in [-0.39, 0.29) is 24.0 Å². The van der Waals surface area contributed by atoms with Crippen LogP contribution in [0.5, 0.6) is 0 Å². The number of nitrogens with one attached hydrogen (secondary N) is 1. The highest BCUT2D eigenvalue weighted by molar-refractivity contribution is 14.0. The number of aromatic nitrogens is 1. The SMILES string of the molecule is CN1CCN=C1NCc1ccc(N2CCCCC2)nc1.I. The number of pyridine rings is 1. The second kappa shape index (κ2) is 7.82. The van der Waals surface area contributed by atoms with Gasteiger partial charge >= 0.3 is 0 Å².